The molecule has 4 heteroatoms. The Morgan fingerprint density at radius 2 is 2.44 bits per heavy atom. The van der Waals surface area contributed by atoms with Gasteiger partial charge in [0.1, 0.15) is 5.15 Å². The predicted molar refractivity (Wildman–Crippen MR) is 66.3 cm³/mol. The summed E-state index contributed by atoms with van der Waals surface area (Å²) < 4.78 is 0. The molecule has 2 N–H and O–H groups in total. The number of aromatic nitrogens is 1. The maximum Gasteiger partial charge on any atom is 0.129 e. The minimum absolute atomic E-state index is 0.297. The Kier molecular flexibility index (Phi) is 3.79. The lowest BCUT2D eigenvalue weighted by Gasteiger charge is -2.35. The highest BCUT2D eigenvalue weighted by atomic mass is 35.5. The smallest absolute Gasteiger partial charge is 0.129 e. The Bertz CT molecular complexity index is 356. The van der Waals surface area contributed by atoms with Gasteiger partial charge in [0.25, 0.3) is 0 Å². The summed E-state index contributed by atoms with van der Waals surface area (Å²) in [7, 11) is 0. The zero-order chi connectivity index (χ0) is 11.5. The van der Waals surface area contributed by atoms with E-state index in [4.69, 9.17) is 17.3 Å². The normalized spacial score (nSPS) is 26.9. The second-order valence-corrected chi connectivity index (χ2v) is 5.04. The van der Waals surface area contributed by atoms with Crippen molar-refractivity contribution in [3.63, 3.8) is 0 Å². The van der Waals surface area contributed by atoms with E-state index in [2.05, 4.69) is 16.8 Å². The van der Waals surface area contributed by atoms with E-state index >= 15 is 0 Å². The first-order valence-electron chi connectivity index (χ1n) is 5.73. The molecule has 1 aliphatic heterocycles. The Morgan fingerprint density at radius 1 is 1.62 bits per heavy atom. The molecule has 0 aromatic carbocycles. The van der Waals surface area contributed by atoms with Crippen LogP contribution in [0.3, 0.4) is 0 Å². The molecule has 2 heterocycles. The average Bonchev–Trinajstić information content (AvgIpc) is 2.24. The fourth-order valence-electron chi connectivity index (χ4n) is 2.11. The summed E-state index contributed by atoms with van der Waals surface area (Å²) >= 11 is 5.86. The first-order chi connectivity index (χ1) is 7.65. The van der Waals surface area contributed by atoms with E-state index in [0.29, 0.717) is 17.1 Å². The second kappa shape index (κ2) is 5.13. The van der Waals surface area contributed by atoms with Crippen molar-refractivity contribution in [3.8, 4) is 0 Å². The summed E-state index contributed by atoms with van der Waals surface area (Å²) in [6.45, 7) is 5.24. The van der Waals surface area contributed by atoms with Crippen molar-refractivity contribution in [1.82, 2.24) is 9.88 Å². The summed E-state index contributed by atoms with van der Waals surface area (Å²) in [6.07, 6.45) is 2.93. The summed E-state index contributed by atoms with van der Waals surface area (Å²) in [5, 5.41) is 0.562. The highest BCUT2D eigenvalue weighted by Gasteiger charge is 2.22. The topological polar surface area (TPSA) is 42.2 Å². The molecular formula is C12H18ClN3. The van der Waals surface area contributed by atoms with Gasteiger partial charge in [0.15, 0.2) is 0 Å². The molecule has 0 aliphatic carbocycles. The van der Waals surface area contributed by atoms with E-state index in [-0.39, 0.29) is 0 Å². The number of nitrogens with zero attached hydrogens (tertiary/aromatic N) is 2. The van der Waals surface area contributed by atoms with Crippen LogP contribution in [0.1, 0.15) is 18.9 Å². The number of likely N-dealkylation sites (tertiary alicyclic amines) is 1. The SMILES string of the molecule is CC1CCN(Cc2ccnc(Cl)c2)CC1N. The van der Waals surface area contributed by atoms with Crippen LogP contribution in [0.25, 0.3) is 0 Å². The largest absolute Gasteiger partial charge is 0.326 e. The second-order valence-electron chi connectivity index (χ2n) is 4.65. The molecule has 0 bridgehead atoms. The summed E-state index contributed by atoms with van der Waals surface area (Å²) in [5.74, 6) is 0.636. The zero-order valence-electron chi connectivity index (χ0n) is 9.56. The number of hydrogen-bond acceptors (Lipinski definition) is 3. The van der Waals surface area contributed by atoms with Crippen molar-refractivity contribution >= 4 is 11.6 Å². The molecule has 0 saturated carbocycles. The molecule has 1 aromatic heterocycles. The quantitative estimate of drug-likeness (QED) is 0.802. The lowest BCUT2D eigenvalue weighted by Crippen LogP contribution is -2.47. The standard InChI is InChI=1S/C12H18ClN3/c1-9-3-5-16(8-11(9)14)7-10-2-4-15-12(13)6-10/h2,4,6,9,11H,3,5,7-8,14H2,1H3. The maximum atomic E-state index is 6.07. The molecular weight excluding hydrogens is 222 g/mol. The molecule has 1 fully saturated rings. The van der Waals surface area contributed by atoms with Crippen LogP contribution < -0.4 is 5.73 Å². The molecule has 1 saturated heterocycles. The Hall–Kier alpha value is -0.640. The first kappa shape index (κ1) is 11.8. The minimum Gasteiger partial charge on any atom is -0.326 e. The van der Waals surface area contributed by atoms with Gasteiger partial charge in [-0.25, -0.2) is 4.98 Å². The van der Waals surface area contributed by atoms with Crippen molar-refractivity contribution in [2.24, 2.45) is 11.7 Å². The van der Waals surface area contributed by atoms with Gasteiger partial charge in [-0.3, -0.25) is 4.90 Å². The third kappa shape index (κ3) is 2.94. The summed E-state index contributed by atoms with van der Waals surface area (Å²) in [4.78, 5) is 6.37. The maximum absolute atomic E-state index is 6.07. The fraction of sp³-hybridized carbons (Fsp3) is 0.583. The molecule has 2 atom stereocenters. The van der Waals surface area contributed by atoms with Crippen LogP contribution in [-0.4, -0.2) is 29.0 Å². The first-order valence-corrected chi connectivity index (χ1v) is 6.11. The molecule has 1 aliphatic rings. The zero-order valence-corrected chi connectivity index (χ0v) is 10.3. The van der Waals surface area contributed by atoms with E-state index in [9.17, 15) is 0 Å². The van der Waals surface area contributed by atoms with Gasteiger partial charge in [-0.2, -0.15) is 0 Å². The molecule has 0 radical (unpaired) electrons. The number of hydrogen-bond donors (Lipinski definition) is 1. The van der Waals surface area contributed by atoms with Crippen LogP contribution in [0, 0.1) is 5.92 Å². The van der Waals surface area contributed by atoms with Crippen molar-refractivity contribution in [2.75, 3.05) is 13.1 Å². The molecule has 1 aromatic rings. The minimum atomic E-state index is 0.297. The lowest BCUT2D eigenvalue weighted by molar-refractivity contribution is 0.162. The van der Waals surface area contributed by atoms with E-state index in [1.807, 2.05) is 12.1 Å². The van der Waals surface area contributed by atoms with Crippen LogP contribution in [-0.2, 0) is 6.54 Å². The van der Waals surface area contributed by atoms with Gasteiger partial charge in [-0.05, 0) is 36.6 Å². The molecule has 0 spiro atoms. The van der Waals surface area contributed by atoms with Gasteiger partial charge in [-0.15, -0.1) is 0 Å². The van der Waals surface area contributed by atoms with Gasteiger partial charge in [0, 0.05) is 25.3 Å². The number of pyridine rings is 1. The fourth-order valence-corrected chi connectivity index (χ4v) is 2.31. The average molecular weight is 240 g/mol. The van der Waals surface area contributed by atoms with Crippen molar-refractivity contribution < 1.29 is 0 Å². The molecule has 16 heavy (non-hydrogen) atoms. The number of rotatable bonds is 2. The van der Waals surface area contributed by atoms with E-state index in [0.717, 1.165) is 19.6 Å². The summed E-state index contributed by atoms with van der Waals surface area (Å²) in [5.41, 5.74) is 7.28. The molecule has 3 nitrogen and oxygen atoms in total. The van der Waals surface area contributed by atoms with Gasteiger partial charge in [0.2, 0.25) is 0 Å². The number of piperidine rings is 1. The Morgan fingerprint density at radius 3 is 3.12 bits per heavy atom. The number of halogens is 1. The number of nitrogens with two attached hydrogens (primary N) is 1. The van der Waals surface area contributed by atoms with Crippen LogP contribution in [0.4, 0.5) is 0 Å². The lowest BCUT2D eigenvalue weighted by atomic mass is 9.94. The van der Waals surface area contributed by atoms with Crippen LogP contribution in [0.15, 0.2) is 18.3 Å². The third-order valence-corrected chi connectivity index (χ3v) is 3.50. The van der Waals surface area contributed by atoms with Crippen molar-refractivity contribution in [2.45, 2.75) is 25.9 Å². The van der Waals surface area contributed by atoms with Gasteiger partial charge in [0.05, 0.1) is 0 Å². The van der Waals surface area contributed by atoms with Gasteiger partial charge < -0.3 is 5.73 Å². The Labute approximate surface area is 102 Å². The summed E-state index contributed by atoms with van der Waals surface area (Å²) in [6, 6.07) is 4.23. The monoisotopic (exact) mass is 239 g/mol. The van der Waals surface area contributed by atoms with E-state index in [1.165, 1.54) is 12.0 Å². The Balaban J connectivity index is 1.95. The van der Waals surface area contributed by atoms with Crippen molar-refractivity contribution in [3.05, 3.63) is 29.0 Å². The van der Waals surface area contributed by atoms with Crippen LogP contribution >= 0.6 is 11.6 Å². The van der Waals surface area contributed by atoms with E-state index < -0.39 is 0 Å². The molecule has 0 amide bonds. The van der Waals surface area contributed by atoms with Gasteiger partial charge >= 0.3 is 0 Å². The van der Waals surface area contributed by atoms with E-state index in [1.54, 1.807) is 6.20 Å². The molecule has 2 rings (SSSR count). The molecule has 2 unspecified atom stereocenters. The van der Waals surface area contributed by atoms with Crippen molar-refractivity contribution in [1.29, 1.82) is 0 Å². The predicted octanol–water partition coefficient (Wildman–Crippen LogP) is 1.90. The third-order valence-electron chi connectivity index (χ3n) is 3.30. The van der Waals surface area contributed by atoms with Crippen LogP contribution in [0.5, 0.6) is 0 Å². The van der Waals surface area contributed by atoms with Gasteiger partial charge in [-0.1, -0.05) is 18.5 Å². The van der Waals surface area contributed by atoms with Crippen LogP contribution in [0.2, 0.25) is 5.15 Å². The highest BCUT2D eigenvalue weighted by Crippen LogP contribution is 2.18. The highest BCUT2D eigenvalue weighted by molar-refractivity contribution is 6.29. The molecule has 88 valence electrons.